The van der Waals surface area contributed by atoms with Gasteiger partial charge in [0.05, 0.1) is 25.6 Å². The maximum Gasteiger partial charge on any atom is 0.272 e. The third kappa shape index (κ3) is 6.16. The lowest BCUT2D eigenvalue weighted by atomic mass is 10.1. The number of primary amides is 1. The summed E-state index contributed by atoms with van der Waals surface area (Å²) < 4.78 is 14.7. The van der Waals surface area contributed by atoms with Crippen molar-refractivity contribution in [1.29, 1.82) is 0 Å². The van der Waals surface area contributed by atoms with Crippen LogP contribution in [-0.4, -0.2) is 48.9 Å². The van der Waals surface area contributed by atoms with E-state index in [0.29, 0.717) is 42.5 Å². The van der Waals surface area contributed by atoms with Crippen molar-refractivity contribution in [2.45, 2.75) is 46.1 Å². The van der Waals surface area contributed by atoms with Crippen molar-refractivity contribution in [1.82, 2.24) is 9.69 Å². The van der Waals surface area contributed by atoms with E-state index in [9.17, 15) is 14.4 Å². The number of nitrogens with zero attached hydrogens (tertiary/aromatic N) is 2. The zero-order valence-corrected chi connectivity index (χ0v) is 21.0. The second kappa shape index (κ2) is 12.2. The first-order valence-corrected chi connectivity index (χ1v) is 11.8. The maximum absolute atomic E-state index is 13.8. The molecule has 11 heteroatoms. The molecule has 0 spiro atoms. The third-order valence-corrected chi connectivity index (χ3v) is 6.07. The zero-order chi connectivity index (χ0) is 25.4. The summed E-state index contributed by atoms with van der Waals surface area (Å²) in [5, 5.41) is 2.94. The Morgan fingerprint density at radius 1 is 1.18 bits per heavy atom. The molecule has 0 aliphatic carbocycles. The number of ether oxygens (including phenoxy) is 2. The normalized spacial score (nSPS) is 11.7. The number of methoxy groups -OCH3 is 2. The van der Waals surface area contributed by atoms with E-state index in [0.717, 1.165) is 18.0 Å². The molecule has 1 aromatic heterocycles. The zero-order valence-electron chi connectivity index (χ0n) is 20.2. The second-order valence-corrected chi connectivity index (χ2v) is 8.90. The molecule has 0 saturated carbocycles. The highest BCUT2D eigenvalue weighted by Crippen LogP contribution is 2.36. The van der Waals surface area contributed by atoms with Crippen LogP contribution in [0.1, 0.15) is 60.2 Å². The van der Waals surface area contributed by atoms with Crippen molar-refractivity contribution < 1.29 is 23.9 Å². The van der Waals surface area contributed by atoms with Crippen molar-refractivity contribution in [3.05, 3.63) is 28.8 Å². The molecule has 1 heterocycles. The molecule has 5 N–H and O–H groups in total. The predicted octanol–water partition coefficient (Wildman–Crippen LogP) is 2.82. The predicted molar refractivity (Wildman–Crippen MR) is 133 cm³/mol. The molecule has 0 fully saturated rings. The fourth-order valence-corrected chi connectivity index (χ4v) is 4.14. The minimum absolute atomic E-state index is 0.0164. The monoisotopic (exact) mass is 491 g/mol. The van der Waals surface area contributed by atoms with Crippen molar-refractivity contribution >= 4 is 40.6 Å². The average molecular weight is 492 g/mol. The van der Waals surface area contributed by atoms with E-state index < -0.39 is 17.9 Å². The number of carbonyl (C=O) groups is 3. The van der Waals surface area contributed by atoms with Crippen LogP contribution in [0.3, 0.4) is 0 Å². The summed E-state index contributed by atoms with van der Waals surface area (Å²) in [6, 6.07) is 4.08. The minimum Gasteiger partial charge on any atom is -0.497 e. The standard InChI is InChI=1S/C23H33N5O5S/c1-6-7-16(22(30)26-11-10-13(2)3)28(15-9-8-14(32-4)12-17(15)33-5)23(31)20-18(24)19(21(25)29)27-34-20/h8-9,12-13,16H,6-7,10-11,24H2,1-5H3,(H2,25,29)(H,26,30). The van der Waals surface area contributed by atoms with Gasteiger partial charge in [-0.15, -0.1) is 0 Å². The molecule has 2 rings (SSSR count). The molecule has 0 saturated heterocycles. The van der Waals surface area contributed by atoms with Gasteiger partial charge in [0.25, 0.3) is 11.8 Å². The van der Waals surface area contributed by atoms with E-state index in [-0.39, 0.29) is 22.2 Å². The largest absolute Gasteiger partial charge is 0.497 e. The Morgan fingerprint density at radius 3 is 2.41 bits per heavy atom. The highest BCUT2D eigenvalue weighted by molar-refractivity contribution is 7.09. The molecule has 0 aliphatic heterocycles. The number of benzene rings is 1. The fourth-order valence-electron chi connectivity index (χ4n) is 3.39. The highest BCUT2D eigenvalue weighted by atomic mass is 32.1. The lowest BCUT2D eigenvalue weighted by molar-refractivity contribution is -0.122. The number of nitrogens with two attached hydrogens (primary N) is 2. The molecule has 2 aromatic rings. The number of rotatable bonds is 12. The summed E-state index contributed by atoms with van der Waals surface area (Å²) in [7, 11) is 2.98. The van der Waals surface area contributed by atoms with E-state index >= 15 is 0 Å². The van der Waals surface area contributed by atoms with Crippen molar-refractivity contribution in [2.24, 2.45) is 11.7 Å². The number of hydrogen-bond donors (Lipinski definition) is 3. The summed E-state index contributed by atoms with van der Waals surface area (Å²) in [5.74, 6) is -0.446. The van der Waals surface area contributed by atoms with Gasteiger partial charge >= 0.3 is 0 Å². The van der Waals surface area contributed by atoms with Crippen LogP contribution < -0.4 is 31.2 Å². The van der Waals surface area contributed by atoms with Crippen LogP contribution in [0.4, 0.5) is 11.4 Å². The number of amides is 3. The SMILES string of the molecule is CCCC(C(=O)NCCC(C)C)N(C(=O)c1snc(C(N)=O)c1N)c1ccc(OC)cc1OC. The molecular formula is C23H33N5O5S. The van der Waals surface area contributed by atoms with Gasteiger partial charge in [-0.25, -0.2) is 0 Å². The number of anilines is 2. The Bertz CT molecular complexity index is 1020. The quantitative estimate of drug-likeness (QED) is 0.413. The Hall–Kier alpha value is -3.34. The second-order valence-electron chi connectivity index (χ2n) is 8.13. The van der Waals surface area contributed by atoms with Crippen molar-refractivity contribution in [3.8, 4) is 11.5 Å². The Labute approximate surface area is 203 Å². The van der Waals surface area contributed by atoms with Gasteiger partial charge in [0.1, 0.15) is 22.4 Å². The Balaban J connectivity index is 2.61. The molecule has 0 radical (unpaired) electrons. The number of carbonyl (C=O) groups excluding carboxylic acids is 3. The summed E-state index contributed by atoms with van der Waals surface area (Å²) in [6.07, 6.45) is 1.82. The van der Waals surface area contributed by atoms with E-state index in [1.165, 1.54) is 19.1 Å². The summed E-state index contributed by atoms with van der Waals surface area (Å²) >= 11 is 0.761. The smallest absolute Gasteiger partial charge is 0.272 e. The molecule has 0 aliphatic rings. The number of aromatic nitrogens is 1. The molecular weight excluding hydrogens is 458 g/mol. The third-order valence-electron chi connectivity index (χ3n) is 5.22. The first-order valence-electron chi connectivity index (χ1n) is 11.0. The molecule has 34 heavy (non-hydrogen) atoms. The van der Waals surface area contributed by atoms with Crippen molar-refractivity contribution in [2.75, 3.05) is 31.4 Å². The van der Waals surface area contributed by atoms with Crippen LogP contribution in [0.15, 0.2) is 18.2 Å². The van der Waals surface area contributed by atoms with Gasteiger partial charge in [0, 0.05) is 12.6 Å². The topological polar surface area (TPSA) is 150 Å². The highest BCUT2D eigenvalue weighted by Gasteiger charge is 2.35. The molecule has 1 aromatic carbocycles. The molecule has 186 valence electrons. The van der Waals surface area contributed by atoms with Gasteiger partial charge in [-0.2, -0.15) is 4.37 Å². The molecule has 1 atom stereocenters. The Kier molecular flexibility index (Phi) is 9.67. The number of nitrogen functional groups attached to an aromatic ring is 1. The van der Waals surface area contributed by atoms with E-state index in [1.807, 2.05) is 6.92 Å². The van der Waals surface area contributed by atoms with E-state index in [2.05, 4.69) is 23.5 Å². The minimum atomic E-state index is -0.856. The molecule has 1 unspecified atom stereocenters. The van der Waals surface area contributed by atoms with Gasteiger partial charge in [-0.3, -0.25) is 19.3 Å². The van der Waals surface area contributed by atoms with Gasteiger partial charge in [0.2, 0.25) is 5.91 Å². The van der Waals surface area contributed by atoms with Crippen LogP contribution in [0.5, 0.6) is 11.5 Å². The van der Waals surface area contributed by atoms with Gasteiger partial charge in [0.15, 0.2) is 5.69 Å². The van der Waals surface area contributed by atoms with Crippen LogP contribution in [0.25, 0.3) is 0 Å². The average Bonchev–Trinajstić information content (AvgIpc) is 3.19. The lowest BCUT2D eigenvalue weighted by Gasteiger charge is -2.32. The first kappa shape index (κ1) is 26.9. The summed E-state index contributed by atoms with van der Waals surface area (Å²) in [6.45, 7) is 6.54. The number of nitrogens with one attached hydrogen (secondary N) is 1. The Morgan fingerprint density at radius 2 is 1.88 bits per heavy atom. The van der Waals surface area contributed by atoms with Crippen LogP contribution in [0, 0.1) is 5.92 Å². The molecule has 3 amide bonds. The van der Waals surface area contributed by atoms with Crippen LogP contribution >= 0.6 is 11.5 Å². The number of hydrogen-bond acceptors (Lipinski definition) is 8. The molecule has 0 bridgehead atoms. The van der Waals surface area contributed by atoms with E-state index in [1.54, 1.807) is 18.2 Å². The molecule has 10 nitrogen and oxygen atoms in total. The van der Waals surface area contributed by atoms with Gasteiger partial charge in [-0.05, 0) is 42.4 Å². The lowest BCUT2D eigenvalue weighted by Crippen LogP contribution is -2.50. The first-order chi connectivity index (χ1) is 16.2. The van der Waals surface area contributed by atoms with Gasteiger partial charge < -0.3 is 26.3 Å². The fraction of sp³-hybridized carbons (Fsp3) is 0.478. The van der Waals surface area contributed by atoms with Crippen LogP contribution in [0.2, 0.25) is 0 Å². The maximum atomic E-state index is 13.8. The van der Waals surface area contributed by atoms with Crippen molar-refractivity contribution in [3.63, 3.8) is 0 Å². The van der Waals surface area contributed by atoms with Gasteiger partial charge in [-0.1, -0.05) is 27.2 Å². The van der Waals surface area contributed by atoms with E-state index in [4.69, 9.17) is 20.9 Å². The summed E-state index contributed by atoms with van der Waals surface area (Å²) in [4.78, 5) is 40.1. The van der Waals surface area contributed by atoms with Crippen LogP contribution in [-0.2, 0) is 4.79 Å². The summed E-state index contributed by atoms with van der Waals surface area (Å²) in [5.41, 5.74) is 11.4.